The minimum absolute atomic E-state index is 0.00765. The van der Waals surface area contributed by atoms with Gasteiger partial charge in [0, 0.05) is 55.4 Å². The molecule has 4 unspecified atom stereocenters. The number of hydrogen-bond acceptors (Lipinski definition) is 10. The van der Waals surface area contributed by atoms with Gasteiger partial charge in [0.1, 0.15) is 41.0 Å². The van der Waals surface area contributed by atoms with E-state index in [1.165, 1.54) is 7.11 Å². The van der Waals surface area contributed by atoms with Crippen molar-refractivity contribution in [3.8, 4) is 23.2 Å². The van der Waals surface area contributed by atoms with E-state index in [9.17, 15) is 14.4 Å². The molecule has 8 rings (SSSR count). The average molecular weight is 788 g/mol. The molecular formula is C38H39F6N7O3S. The number of aromatic nitrogens is 2. The Morgan fingerprint density at radius 2 is 2.00 bits per heavy atom. The highest BCUT2D eigenvalue weighted by molar-refractivity contribution is 7.23. The molecule has 292 valence electrons. The molecular weight excluding hydrogens is 749 g/mol. The Morgan fingerprint density at radius 1 is 1.22 bits per heavy atom. The summed E-state index contributed by atoms with van der Waals surface area (Å²) in [5.41, 5.74) is 1.90. The van der Waals surface area contributed by atoms with Crippen molar-refractivity contribution in [2.75, 3.05) is 57.1 Å². The Bertz CT molecular complexity index is 2220. The fraction of sp³-hybridized carbons (Fsp3) is 0.526. The number of alkyl halides is 4. The Labute approximate surface area is 316 Å². The van der Waals surface area contributed by atoms with Gasteiger partial charge in [-0.15, -0.1) is 11.3 Å². The van der Waals surface area contributed by atoms with Crippen molar-refractivity contribution in [2.24, 2.45) is 5.92 Å². The first-order chi connectivity index (χ1) is 26.3. The second-order valence-corrected chi connectivity index (χ2v) is 16.1. The molecule has 0 radical (unpaired) electrons. The number of benzene rings is 2. The number of fused-ring (bicyclic) bond motifs is 3. The standard InChI is InChI=1S/C38H39F6N7O3S/c1-3-50(21-11-22(17-53-2)51(16-21)35(52)19-5-6-19)34-24-12-26(38(42,43)44)29(23-7-8-27(40)32-28(23)25(14-45)33(46)55-32)30(41)31(24)47-36(48-34)54-18-37-9-4-10-49(37)15-20(39)13-37/h7-8,12,19-22H,3-6,9-11,13,15-18,46H2,1-2H3. The molecule has 1 amide bonds. The maximum absolute atomic E-state index is 17.4. The van der Waals surface area contributed by atoms with Gasteiger partial charge in [0.25, 0.3) is 0 Å². The molecule has 2 aromatic heterocycles. The van der Waals surface area contributed by atoms with Crippen LogP contribution in [0, 0.1) is 28.9 Å². The van der Waals surface area contributed by atoms with Gasteiger partial charge in [-0.25, -0.2) is 13.2 Å². The van der Waals surface area contributed by atoms with Gasteiger partial charge in [0.05, 0.1) is 40.1 Å². The van der Waals surface area contributed by atoms with Crippen molar-refractivity contribution < 1.29 is 40.6 Å². The third-order valence-electron chi connectivity index (χ3n) is 11.6. The summed E-state index contributed by atoms with van der Waals surface area (Å²) in [6.07, 6.45) is -2.51. The highest BCUT2D eigenvalue weighted by Crippen LogP contribution is 2.49. The number of nitrogens with two attached hydrogens (primary N) is 1. The molecule has 3 aliphatic heterocycles. The van der Waals surface area contributed by atoms with Crippen LogP contribution < -0.4 is 15.4 Å². The number of likely N-dealkylation sites (tertiary alicyclic amines) is 1. The lowest BCUT2D eigenvalue weighted by Gasteiger charge is -2.32. The largest absolute Gasteiger partial charge is 0.461 e. The third-order valence-corrected chi connectivity index (χ3v) is 12.7. The number of carbonyl (C=O) groups excluding carboxylic acids is 1. The van der Waals surface area contributed by atoms with E-state index in [0.29, 0.717) is 30.7 Å². The van der Waals surface area contributed by atoms with Gasteiger partial charge in [-0.3, -0.25) is 9.69 Å². The summed E-state index contributed by atoms with van der Waals surface area (Å²) in [5, 5.41) is 9.28. The predicted octanol–water partition coefficient (Wildman–Crippen LogP) is 7.07. The van der Waals surface area contributed by atoms with Crippen LogP contribution in [0.2, 0.25) is 0 Å². The molecule has 4 fully saturated rings. The second-order valence-electron chi connectivity index (χ2n) is 15.0. The molecule has 4 aliphatic rings. The van der Waals surface area contributed by atoms with Crippen molar-refractivity contribution in [2.45, 2.75) is 75.4 Å². The molecule has 0 bridgehead atoms. The normalized spacial score (nSPS) is 24.2. The summed E-state index contributed by atoms with van der Waals surface area (Å²) >= 11 is 0.681. The van der Waals surface area contributed by atoms with E-state index in [2.05, 4.69) is 9.97 Å². The van der Waals surface area contributed by atoms with Crippen molar-refractivity contribution in [3.63, 3.8) is 0 Å². The van der Waals surface area contributed by atoms with Crippen molar-refractivity contribution in [1.82, 2.24) is 19.8 Å². The van der Waals surface area contributed by atoms with E-state index in [4.69, 9.17) is 15.2 Å². The van der Waals surface area contributed by atoms with Crippen LogP contribution in [0.3, 0.4) is 0 Å². The molecule has 0 spiro atoms. The number of rotatable bonds is 10. The average Bonchev–Trinajstić information content (AvgIpc) is 3.51. The quantitative estimate of drug-likeness (QED) is 0.168. The minimum Gasteiger partial charge on any atom is -0.461 e. The monoisotopic (exact) mass is 787 g/mol. The summed E-state index contributed by atoms with van der Waals surface area (Å²) in [6, 6.07) is 3.48. The predicted molar refractivity (Wildman–Crippen MR) is 194 cm³/mol. The van der Waals surface area contributed by atoms with Gasteiger partial charge in [0.2, 0.25) is 5.91 Å². The van der Waals surface area contributed by atoms with Crippen LogP contribution >= 0.6 is 11.3 Å². The zero-order valence-corrected chi connectivity index (χ0v) is 31.0. The van der Waals surface area contributed by atoms with Gasteiger partial charge in [-0.2, -0.15) is 28.4 Å². The topological polar surface area (TPSA) is 121 Å². The van der Waals surface area contributed by atoms with Gasteiger partial charge in [0.15, 0.2) is 5.82 Å². The lowest BCUT2D eigenvalue weighted by atomic mass is 9.92. The summed E-state index contributed by atoms with van der Waals surface area (Å²) in [5.74, 6) is -2.33. The van der Waals surface area contributed by atoms with Crippen LogP contribution in [0.5, 0.6) is 6.01 Å². The number of likely N-dealkylation sites (N-methyl/N-ethyl adjacent to an activating group) is 1. The minimum atomic E-state index is -5.14. The molecule has 2 N–H and O–H groups in total. The van der Waals surface area contributed by atoms with E-state index in [0.717, 1.165) is 37.5 Å². The number of ether oxygens (including phenoxy) is 2. The van der Waals surface area contributed by atoms with Crippen LogP contribution in [0.1, 0.15) is 56.6 Å². The summed E-state index contributed by atoms with van der Waals surface area (Å²) < 4.78 is 104. The Hall–Kier alpha value is -4.40. The van der Waals surface area contributed by atoms with Crippen molar-refractivity contribution >= 4 is 49.1 Å². The van der Waals surface area contributed by atoms with Crippen LogP contribution in [0.4, 0.5) is 37.2 Å². The molecule has 10 nitrogen and oxygen atoms in total. The SMILES string of the molecule is CCN(c1nc(OCC23CCCN2CC(F)C3)nc2c(F)c(-c3ccc(F)c4sc(N)c(C#N)c34)c(C(F)(F)F)cc12)C1CC(COC)N(C(=O)C2CC2)C1. The van der Waals surface area contributed by atoms with Crippen LogP contribution in [0.15, 0.2) is 18.2 Å². The van der Waals surface area contributed by atoms with Crippen molar-refractivity contribution in [1.29, 1.82) is 5.26 Å². The number of amides is 1. The van der Waals surface area contributed by atoms with Gasteiger partial charge >= 0.3 is 12.2 Å². The number of halogens is 6. The summed E-state index contributed by atoms with van der Waals surface area (Å²) in [6.45, 7) is 3.40. The van der Waals surface area contributed by atoms with Crippen LogP contribution in [-0.2, 0) is 15.7 Å². The second kappa shape index (κ2) is 14.0. The van der Waals surface area contributed by atoms with E-state index in [1.807, 2.05) is 11.0 Å². The van der Waals surface area contributed by atoms with E-state index < -0.39 is 52.2 Å². The maximum atomic E-state index is 17.4. The number of carbonyl (C=O) groups is 1. The first-order valence-corrected chi connectivity index (χ1v) is 19.2. The Morgan fingerprint density at radius 3 is 2.69 bits per heavy atom. The Balaban J connectivity index is 1.32. The van der Waals surface area contributed by atoms with Gasteiger partial charge < -0.3 is 25.0 Å². The maximum Gasteiger partial charge on any atom is 0.417 e. The van der Waals surface area contributed by atoms with Crippen LogP contribution in [0.25, 0.3) is 32.1 Å². The van der Waals surface area contributed by atoms with Gasteiger partial charge in [-0.05, 0) is 63.3 Å². The smallest absolute Gasteiger partial charge is 0.417 e. The van der Waals surface area contributed by atoms with Crippen LogP contribution in [-0.4, -0.2) is 96.0 Å². The highest BCUT2D eigenvalue weighted by atomic mass is 32.1. The first kappa shape index (κ1) is 37.5. The molecule has 4 atom stereocenters. The molecule has 1 saturated carbocycles. The summed E-state index contributed by atoms with van der Waals surface area (Å²) in [4.78, 5) is 27.9. The fourth-order valence-electron chi connectivity index (χ4n) is 9.00. The highest BCUT2D eigenvalue weighted by Gasteiger charge is 2.50. The number of thiophene rings is 1. The number of anilines is 2. The zero-order valence-electron chi connectivity index (χ0n) is 30.2. The lowest BCUT2D eigenvalue weighted by Crippen LogP contribution is -2.43. The number of hydrogen-bond donors (Lipinski definition) is 1. The first-order valence-electron chi connectivity index (χ1n) is 18.4. The molecule has 55 heavy (non-hydrogen) atoms. The molecule has 5 heterocycles. The lowest BCUT2D eigenvalue weighted by molar-refractivity contribution is -0.137. The number of nitrogen functional groups attached to an aromatic ring is 1. The zero-order chi connectivity index (χ0) is 39.0. The van der Waals surface area contributed by atoms with E-state index >= 15 is 22.0 Å². The number of nitrogens with zero attached hydrogens (tertiary/aromatic N) is 6. The molecule has 1 aliphatic carbocycles. The van der Waals surface area contributed by atoms with Crippen molar-refractivity contribution in [3.05, 3.63) is 41.0 Å². The van der Waals surface area contributed by atoms with E-state index in [-0.39, 0.29) is 101 Å². The third kappa shape index (κ3) is 6.39. The van der Waals surface area contributed by atoms with E-state index in [1.54, 1.807) is 16.7 Å². The molecule has 2 aromatic carbocycles. The summed E-state index contributed by atoms with van der Waals surface area (Å²) in [7, 11) is 1.53. The molecule has 4 aromatic rings. The molecule has 17 heteroatoms. The number of methoxy groups -OCH3 is 1. The molecule has 3 saturated heterocycles. The van der Waals surface area contributed by atoms with Gasteiger partial charge in [-0.1, -0.05) is 6.07 Å². The number of nitriles is 1. The Kier molecular flexibility index (Phi) is 9.53. The fourth-order valence-corrected chi connectivity index (χ4v) is 9.95.